The fourth-order valence-electron chi connectivity index (χ4n) is 1.65. The molecule has 0 saturated heterocycles. The van der Waals surface area contributed by atoms with E-state index in [2.05, 4.69) is 16.9 Å². The van der Waals surface area contributed by atoms with Crippen LogP contribution in [0, 0.1) is 12.2 Å². The molecule has 196 valence electrons. The van der Waals surface area contributed by atoms with Crippen molar-refractivity contribution in [3.05, 3.63) is 23.8 Å². The van der Waals surface area contributed by atoms with E-state index in [4.69, 9.17) is 19.7 Å². The van der Waals surface area contributed by atoms with Crippen molar-refractivity contribution in [2.45, 2.75) is 87.0 Å². The molecule has 1 amide bonds. The third-order valence-corrected chi connectivity index (χ3v) is 2.70. The van der Waals surface area contributed by atoms with Crippen molar-refractivity contribution >= 4 is 18.0 Å². The summed E-state index contributed by atoms with van der Waals surface area (Å²) in [6.45, 7) is 18.3. The first-order valence-electron chi connectivity index (χ1n) is 11.0. The summed E-state index contributed by atoms with van der Waals surface area (Å²) in [6, 6.07) is 0. The van der Waals surface area contributed by atoms with Gasteiger partial charge in [-0.3, -0.25) is 10.4 Å². The van der Waals surface area contributed by atoms with E-state index in [1.807, 2.05) is 13.8 Å². The van der Waals surface area contributed by atoms with Gasteiger partial charge in [0, 0.05) is 31.9 Å². The SMILES string of the molecule is CC(C)O.CC(C)O.CCOC(=O)OC[C-]=CC(=[C-]C(=O)OC(C)(C)C)C(=O)N(CC)CC.[Ti+2]. The van der Waals surface area contributed by atoms with Crippen LogP contribution in [0.1, 0.15) is 69.2 Å². The maximum atomic E-state index is 12.5. The maximum absolute atomic E-state index is 12.5. The number of ether oxygens (including phenoxy) is 3. The Morgan fingerprint density at radius 2 is 1.38 bits per heavy atom. The Hall–Kier alpha value is -1.68. The monoisotopic (exact) mass is 521 g/mol. The summed E-state index contributed by atoms with van der Waals surface area (Å²) in [5.74, 6) is -1.15. The first-order valence-corrected chi connectivity index (χ1v) is 11.0. The van der Waals surface area contributed by atoms with Crippen LogP contribution in [0.25, 0.3) is 0 Å². The summed E-state index contributed by atoms with van der Waals surface area (Å²) in [5.41, 5.74) is -0.723. The zero-order valence-electron chi connectivity index (χ0n) is 22.4. The molecule has 0 aliphatic rings. The molecule has 9 nitrogen and oxygen atoms in total. The van der Waals surface area contributed by atoms with Crippen molar-refractivity contribution in [3.63, 3.8) is 0 Å². The van der Waals surface area contributed by atoms with Crippen molar-refractivity contribution in [3.8, 4) is 0 Å². The molecule has 0 aliphatic heterocycles. The van der Waals surface area contributed by atoms with E-state index in [1.165, 1.54) is 11.0 Å². The van der Waals surface area contributed by atoms with E-state index < -0.39 is 17.7 Å². The first kappa shape index (κ1) is 39.5. The quantitative estimate of drug-likeness (QED) is 0.164. The van der Waals surface area contributed by atoms with Gasteiger partial charge in [0.25, 0.3) is 5.97 Å². The minimum Gasteiger partial charge on any atom is -0.467 e. The van der Waals surface area contributed by atoms with E-state index in [0.29, 0.717) is 13.1 Å². The van der Waals surface area contributed by atoms with Crippen LogP contribution >= 0.6 is 0 Å². The van der Waals surface area contributed by atoms with Crippen molar-refractivity contribution in [2.75, 3.05) is 26.3 Å². The van der Waals surface area contributed by atoms with Crippen LogP contribution in [0.2, 0.25) is 0 Å². The van der Waals surface area contributed by atoms with Gasteiger partial charge in [0.05, 0.1) is 12.5 Å². The van der Waals surface area contributed by atoms with Gasteiger partial charge in [-0.25, -0.2) is 4.79 Å². The number of hydrogen-bond donors (Lipinski definition) is 2. The van der Waals surface area contributed by atoms with Gasteiger partial charge < -0.3 is 46.3 Å². The average molecular weight is 521 g/mol. The Labute approximate surface area is 220 Å². The van der Waals surface area contributed by atoms with Crippen molar-refractivity contribution < 1.29 is 60.5 Å². The fourth-order valence-corrected chi connectivity index (χ4v) is 1.65. The van der Waals surface area contributed by atoms with Gasteiger partial charge in [-0.2, -0.15) is 6.08 Å². The summed E-state index contributed by atoms with van der Waals surface area (Å²) in [5, 5.41) is 16.1. The molecule has 0 unspecified atom stereocenters. The Morgan fingerprint density at radius 1 is 0.941 bits per heavy atom. The van der Waals surface area contributed by atoms with Crippen LogP contribution in [0.15, 0.2) is 11.6 Å². The molecule has 0 atom stereocenters. The molecule has 2 N–H and O–H groups in total. The Kier molecular flexibility index (Phi) is 26.8. The van der Waals surface area contributed by atoms with E-state index >= 15 is 0 Å². The van der Waals surface area contributed by atoms with Gasteiger partial charge in [-0.15, -0.1) is 0 Å². The van der Waals surface area contributed by atoms with Crippen LogP contribution in [0.5, 0.6) is 0 Å². The van der Waals surface area contributed by atoms with Gasteiger partial charge in [-0.1, -0.05) is 0 Å². The first-order chi connectivity index (χ1) is 15.1. The van der Waals surface area contributed by atoms with Crippen LogP contribution in [-0.4, -0.2) is 77.3 Å². The van der Waals surface area contributed by atoms with E-state index in [-0.39, 0.29) is 58.6 Å². The van der Waals surface area contributed by atoms with Gasteiger partial charge >= 0.3 is 27.9 Å². The molecule has 0 aromatic carbocycles. The summed E-state index contributed by atoms with van der Waals surface area (Å²) in [4.78, 5) is 37.0. The molecule has 0 fully saturated rings. The number of amides is 1. The van der Waals surface area contributed by atoms with E-state index in [0.717, 1.165) is 0 Å². The summed E-state index contributed by atoms with van der Waals surface area (Å²) < 4.78 is 14.5. The van der Waals surface area contributed by atoms with Crippen LogP contribution in [0.4, 0.5) is 4.79 Å². The van der Waals surface area contributed by atoms with Crippen LogP contribution in [-0.2, 0) is 45.5 Å². The molecule has 0 rings (SSSR count). The fraction of sp³-hybridized carbons (Fsp3) is 0.708. The number of carbonyl (C=O) groups is 3. The Balaban J connectivity index is -0.000000430. The number of aliphatic hydroxyl groups is 2. The van der Waals surface area contributed by atoms with Gasteiger partial charge in [-0.05, 0) is 69.2 Å². The average Bonchev–Trinajstić information content (AvgIpc) is 2.63. The molecular formula is C24H43NO8Ti. The number of hydrogen-bond acceptors (Lipinski definition) is 8. The number of esters is 1. The van der Waals surface area contributed by atoms with Crippen LogP contribution < -0.4 is 0 Å². The van der Waals surface area contributed by atoms with Crippen molar-refractivity contribution in [2.24, 2.45) is 0 Å². The summed E-state index contributed by atoms with van der Waals surface area (Å²) in [6.07, 6.45) is 5.12. The van der Waals surface area contributed by atoms with Gasteiger partial charge in [0.2, 0.25) is 0 Å². The third kappa shape index (κ3) is 30.3. The molecule has 0 aliphatic carbocycles. The number of nitrogens with zero attached hydrogens (tertiary/aromatic N) is 1. The molecule has 10 heteroatoms. The third-order valence-electron chi connectivity index (χ3n) is 2.70. The molecule has 0 radical (unpaired) electrons. The molecule has 0 bridgehead atoms. The van der Waals surface area contributed by atoms with Gasteiger partial charge in [0.1, 0.15) is 5.60 Å². The minimum absolute atomic E-state index is 0. The van der Waals surface area contributed by atoms with E-state index in [1.54, 1.807) is 55.4 Å². The second-order valence-corrected chi connectivity index (χ2v) is 8.03. The largest absolute Gasteiger partial charge is 2.00 e. The summed E-state index contributed by atoms with van der Waals surface area (Å²) >= 11 is 0. The smallest absolute Gasteiger partial charge is 0.467 e. The molecule has 0 spiro atoms. The molecule has 0 saturated carbocycles. The standard InChI is InChI=1S/C18H27NO6.2C3H8O.Ti/c1-7-19(8-2)16(21)14(13-15(20)25-18(4,5)6)11-10-12-24-17(22)23-9-3;2*1-3(2)4;/h11H,7-9,12H2,1-6H3;2*3-4H,1-2H3;/q-2;;;+2. The predicted octanol–water partition coefficient (Wildman–Crippen LogP) is 3.23. The number of carbonyl (C=O) groups excluding carboxylic acids is 3. The number of rotatable bonds is 8. The normalized spacial score (nSPS) is 10.9. The topological polar surface area (TPSA) is 123 Å². The second-order valence-electron chi connectivity index (χ2n) is 8.03. The van der Waals surface area contributed by atoms with Crippen molar-refractivity contribution in [1.29, 1.82) is 0 Å². The maximum Gasteiger partial charge on any atom is 2.00 e. The number of likely N-dealkylation sites (N-methyl/N-ethyl adjacent to an activating group) is 1. The van der Waals surface area contributed by atoms with Crippen molar-refractivity contribution in [1.82, 2.24) is 4.90 Å². The minimum atomic E-state index is -0.833. The molecular weight excluding hydrogens is 478 g/mol. The molecule has 34 heavy (non-hydrogen) atoms. The Morgan fingerprint density at radius 3 is 1.74 bits per heavy atom. The van der Waals surface area contributed by atoms with E-state index in [9.17, 15) is 14.4 Å². The van der Waals surface area contributed by atoms with Gasteiger partial charge in [0.15, 0.2) is 0 Å². The summed E-state index contributed by atoms with van der Waals surface area (Å²) in [7, 11) is 0. The molecule has 0 heterocycles. The zero-order valence-corrected chi connectivity index (χ0v) is 23.9. The zero-order chi connectivity index (χ0) is 26.6. The predicted molar refractivity (Wildman–Crippen MR) is 126 cm³/mol. The second kappa shape index (κ2) is 23.1. The molecule has 0 aromatic rings. The Bertz CT molecular complexity index is 595. The number of aliphatic hydroxyl groups excluding tert-OH is 2. The van der Waals surface area contributed by atoms with Crippen LogP contribution in [0.3, 0.4) is 0 Å². The molecule has 0 aromatic heterocycles.